The van der Waals surface area contributed by atoms with Crippen molar-refractivity contribution in [3.05, 3.63) is 41.6 Å². The molecule has 7 heteroatoms. The van der Waals surface area contributed by atoms with Crippen molar-refractivity contribution < 1.29 is 5.11 Å². The number of likely N-dealkylation sites (tertiary alicyclic amines) is 1. The lowest BCUT2D eigenvalue weighted by molar-refractivity contribution is 0.181. The molecule has 0 aliphatic carbocycles. The van der Waals surface area contributed by atoms with E-state index < -0.39 is 0 Å². The lowest BCUT2D eigenvalue weighted by Gasteiger charge is -2.38. The predicted molar refractivity (Wildman–Crippen MR) is 107 cm³/mol. The Balaban J connectivity index is 2.21. The molecule has 142 valence electrons. The van der Waals surface area contributed by atoms with Crippen LogP contribution in [-0.4, -0.2) is 73.0 Å². The van der Waals surface area contributed by atoms with Crippen LogP contribution in [0.5, 0.6) is 0 Å². The highest BCUT2D eigenvalue weighted by molar-refractivity contribution is 5.84. The fraction of sp³-hybridized carbons (Fsp3) is 0.526. The summed E-state index contributed by atoms with van der Waals surface area (Å²) in [5.74, 6) is 0.533. The van der Waals surface area contributed by atoms with E-state index in [-0.39, 0.29) is 6.61 Å². The Hall–Kier alpha value is -2.34. The monoisotopic (exact) mass is 358 g/mol. The Kier molecular flexibility index (Phi) is 8.15. The van der Waals surface area contributed by atoms with Crippen LogP contribution in [0.25, 0.3) is 0 Å². The summed E-state index contributed by atoms with van der Waals surface area (Å²) in [6, 6.07) is 0.438. The molecule has 7 nitrogen and oxygen atoms in total. The molecule has 2 heterocycles. The number of hydrogen-bond acceptors (Lipinski definition) is 5. The quantitative estimate of drug-likeness (QED) is 0.356. The van der Waals surface area contributed by atoms with Crippen LogP contribution in [0.4, 0.5) is 0 Å². The molecule has 2 rings (SSSR count). The van der Waals surface area contributed by atoms with Crippen LogP contribution in [0.15, 0.2) is 51.5 Å². The first kappa shape index (κ1) is 20.0. The van der Waals surface area contributed by atoms with Crippen molar-refractivity contribution in [3.63, 3.8) is 0 Å². The van der Waals surface area contributed by atoms with Gasteiger partial charge >= 0.3 is 0 Å². The number of piperidine rings is 1. The number of nitrogens with two attached hydrogens (primary N) is 1. The van der Waals surface area contributed by atoms with E-state index in [1.165, 1.54) is 6.34 Å². The minimum absolute atomic E-state index is 0.133. The van der Waals surface area contributed by atoms with Crippen LogP contribution in [0.3, 0.4) is 0 Å². The van der Waals surface area contributed by atoms with Crippen molar-refractivity contribution in [2.24, 2.45) is 15.7 Å². The summed E-state index contributed by atoms with van der Waals surface area (Å²) in [5, 5.41) is 12.4. The Morgan fingerprint density at radius 2 is 2.19 bits per heavy atom. The fourth-order valence-corrected chi connectivity index (χ4v) is 3.10. The van der Waals surface area contributed by atoms with Gasteiger partial charge in [-0.25, -0.2) is 0 Å². The van der Waals surface area contributed by atoms with Crippen LogP contribution in [-0.2, 0) is 0 Å². The van der Waals surface area contributed by atoms with E-state index in [4.69, 9.17) is 5.73 Å². The van der Waals surface area contributed by atoms with Gasteiger partial charge in [0.2, 0.25) is 0 Å². The number of nitrogens with zero attached hydrogens (tertiary/aromatic N) is 4. The van der Waals surface area contributed by atoms with Crippen molar-refractivity contribution in [3.8, 4) is 0 Å². The van der Waals surface area contributed by atoms with Gasteiger partial charge in [-0.15, -0.1) is 5.73 Å². The van der Waals surface area contributed by atoms with E-state index in [9.17, 15) is 5.11 Å². The van der Waals surface area contributed by atoms with Gasteiger partial charge in [-0.1, -0.05) is 6.08 Å². The van der Waals surface area contributed by atoms with Gasteiger partial charge in [0.25, 0.3) is 0 Å². The Morgan fingerprint density at radius 1 is 1.42 bits per heavy atom. The molecule has 0 spiro atoms. The number of aliphatic hydroxyl groups is 1. The third-order valence-electron chi connectivity index (χ3n) is 4.59. The van der Waals surface area contributed by atoms with Crippen molar-refractivity contribution >= 4 is 12.2 Å². The number of allylic oxidation sites excluding steroid dienone is 1. The summed E-state index contributed by atoms with van der Waals surface area (Å²) in [5.41, 5.74) is 10.9. The molecule has 4 N–H and O–H groups in total. The maximum atomic E-state index is 9.44. The number of amidine groups is 1. The lowest BCUT2D eigenvalue weighted by Crippen LogP contribution is -2.42. The zero-order valence-electron chi connectivity index (χ0n) is 15.7. The van der Waals surface area contributed by atoms with Crippen molar-refractivity contribution in [2.45, 2.75) is 25.8 Å². The molecule has 0 atom stereocenters. The normalized spacial score (nSPS) is 20.1. The molecule has 0 aromatic rings. The van der Waals surface area contributed by atoms with Gasteiger partial charge in [0.05, 0.1) is 19.4 Å². The topological polar surface area (TPSA) is 89.5 Å². The Labute approximate surface area is 156 Å². The maximum Gasteiger partial charge on any atom is 0.127 e. The molecule has 2 aliphatic heterocycles. The number of nitrogens with one attached hydrogen (secondary N) is 1. The first-order valence-corrected chi connectivity index (χ1v) is 9.03. The number of rotatable bonds is 7. The van der Waals surface area contributed by atoms with E-state index in [1.54, 1.807) is 6.20 Å². The highest BCUT2D eigenvalue weighted by Crippen LogP contribution is 2.25. The molecule has 0 unspecified atom stereocenters. The number of aliphatic imine (C=N–C) groups is 2. The largest absolute Gasteiger partial charge is 0.390 e. The molecule has 1 fully saturated rings. The van der Waals surface area contributed by atoms with Crippen molar-refractivity contribution in [2.75, 3.05) is 39.8 Å². The number of aliphatic hydroxyl groups excluding tert-OH is 1. The summed E-state index contributed by atoms with van der Waals surface area (Å²) >= 11 is 0. The molecular formula is C19H30N6O. The second-order valence-electron chi connectivity index (χ2n) is 6.41. The zero-order valence-corrected chi connectivity index (χ0v) is 15.7. The van der Waals surface area contributed by atoms with E-state index in [0.717, 1.165) is 37.2 Å². The van der Waals surface area contributed by atoms with Crippen molar-refractivity contribution in [1.82, 2.24) is 15.1 Å². The van der Waals surface area contributed by atoms with Crippen molar-refractivity contribution in [1.29, 1.82) is 0 Å². The Morgan fingerprint density at radius 3 is 2.85 bits per heavy atom. The molecule has 0 saturated carbocycles. The smallest absolute Gasteiger partial charge is 0.127 e. The average molecular weight is 358 g/mol. The highest BCUT2D eigenvalue weighted by atomic mass is 16.3. The maximum absolute atomic E-state index is 9.44. The highest BCUT2D eigenvalue weighted by Gasteiger charge is 2.25. The van der Waals surface area contributed by atoms with Crippen LogP contribution in [0.2, 0.25) is 0 Å². The molecule has 0 aromatic carbocycles. The van der Waals surface area contributed by atoms with E-state index in [1.807, 2.05) is 25.3 Å². The van der Waals surface area contributed by atoms with E-state index >= 15 is 0 Å². The van der Waals surface area contributed by atoms with Gasteiger partial charge in [-0.3, -0.25) is 9.98 Å². The first-order chi connectivity index (χ1) is 12.7. The van der Waals surface area contributed by atoms with E-state index in [0.29, 0.717) is 25.0 Å². The molecule has 1 saturated heterocycles. The molecule has 0 radical (unpaired) electrons. The molecular weight excluding hydrogens is 328 g/mol. The van der Waals surface area contributed by atoms with Gasteiger partial charge in [0, 0.05) is 23.5 Å². The van der Waals surface area contributed by atoms with Gasteiger partial charge < -0.3 is 26.0 Å². The summed E-state index contributed by atoms with van der Waals surface area (Å²) in [4.78, 5) is 13.4. The summed E-state index contributed by atoms with van der Waals surface area (Å²) in [6.45, 7) is 4.91. The second kappa shape index (κ2) is 10.6. The molecule has 26 heavy (non-hydrogen) atoms. The summed E-state index contributed by atoms with van der Waals surface area (Å²) in [6.07, 6.45) is 11.1. The summed E-state index contributed by atoms with van der Waals surface area (Å²) in [7, 11) is 2.16. The Bertz CT molecular complexity index is 634. The second-order valence-corrected chi connectivity index (χ2v) is 6.41. The SMILES string of the molecule is C/C=C\NC(CO)=NCC1=C(CN=CN)N(C2CCN(C)CC2)C=C=C1. The minimum Gasteiger partial charge on any atom is -0.390 e. The van der Waals surface area contributed by atoms with Crippen LogP contribution >= 0.6 is 0 Å². The third kappa shape index (κ3) is 5.59. The lowest BCUT2D eigenvalue weighted by atomic mass is 10.0. The third-order valence-corrected chi connectivity index (χ3v) is 4.59. The minimum atomic E-state index is -0.133. The molecule has 0 bridgehead atoms. The molecule has 0 amide bonds. The predicted octanol–water partition coefficient (Wildman–Crippen LogP) is 0.820. The van der Waals surface area contributed by atoms with Crippen LogP contribution < -0.4 is 11.1 Å². The van der Waals surface area contributed by atoms with Gasteiger partial charge in [-0.05, 0) is 52.2 Å². The average Bonchev–Trinajstić information content (AvgIpc) is 2.67. The molecule has 0 aromatic heterocycles. The van der Waals surface area contributed by atoms with Gasteiger partial charge in [0.1, 0.15) is 12.4 Å². The number of hydrogen-bond donors (Lipinski definition) is 3. The first-order valence-electron chi connectivity index (χ1n) is 9.03. The van der Waals surface area contributed by atoms with Gasteiger partial charge in [-0.2, -0.15) is 0 Å². The van der Waals surface area contributed by atoms with Crippen LogP contribution in [0.1, 0.15) is 19.8 Å². The molecule has 2 aliphatic rings. The van der Waals surface area contributed by atoms with E-state index in [2.05, 4.69) is 37.9 Å². The standard InChI is InChI=1S/C19H30N6O/c1-3-8-22-19(14-26)23-12-16-5-4-9-25(18(16)13-21-15-20)17-6-10-24(2)11-7-17/h3,5,8-9,15,17,26H,6-7,10-14H2,1-2H3,(H2,20,21)(H,22,23)/b8-3-. The fourth-order valence-electron chi connectivity index (χ4n) is 3.10. The summed E-state index contributed by atoms with van der Waals surface area (Å²) < 4.78 is 0. The van der Waals surface area contributed by atoms with Gasteiger partial charge in [0.15, 0.2) is 0 Å². The zero-order chi connectivity index (χ0) is 18.8. The van der Waals surface area contributed by atoms with Crippen LogP contribution in [0, 0.1) is 0 Å².